The van der Waals surface area contributed by atoms with Gasteiger partial charge in [-0.1, -0.05) is 54.9 Å². The number of nitrogens with one attached hydrogen (secondary N) is 1. The number of amides is 1. The highest BCUT2D eigenvalue weighted by molar-refractivity contribution is 7.16. The molecule has 0 spiro atoms. The third kappa shape index (κ3) is 7.63. The summed E-state index contributed by atoms with van der Waals surface area (Å²) in [5.74, 6) is -0.434. The third-order valence-corrected chi connectivity index (χ3v) is 8.39. The Labute approximate surface area is 221 Å². The fourth-order valence-electron chi connectivity index (χ4n) is 5.31. The second kappa shape index (κ2) is 13.2. The van der Waals surface area contributed by atoms with E-state index >= 15 is 0 Å². The van der Waals surface area contributed by atoms with Gasteiger partial charge in [-0.05, 0) is 48.9 Å². The van der Waals surface area contributed by atoms with Gasteiger partial charge in [0, 0.05) is 45.2 Å². The molecule has 200 valence electrons. The van der Waals surface area contributed by atoms with Gasteiger partial charge >= 0.3 is 4.87 Å². The van der Waals surface area contributed by atoms with Crippen molar-refractivity contribution < 1.29 is 14.3 Å². The number of nitrogens with zero attached hydrogens (tertiary/aromatic N) is 2. The predicted octanol–water partition coefficient (Wildman–Crippen LogP) is 4.03. The third-order valence-electron chi connectivity index (χ3n) is 7.43. The predicted molar refractivity (Wildman–Crippen MR) is 147 cm³/mol. The van der Waals surface area contributed by atoms with E-state index in [-0.39, 0.29) is 28.8 Å². The van der Waals surface area contributed by atoms with Crippen LogP contribution in [0.1, 0.15) is 49.7 Å². The van der Waals surface area contributed by atoms with Gasteiger partial charge in [0.2, 0.25) is 5.91 Å². The second-order valence-corrected chi connectivity index (χ2v) is 10.9. The fraction of sp³-hybridized carbons (Fsp3) is 0.500. The van der Waals surface area contributed by atoms with E-state index in [1.54, 1.807) is 12.1 Å². The lowest BCUT2D eigenvalue weighted by Crippen LogP contribution is -2.44. The molecule has 1 aromatic heterocycles. The summed E-state index contributed by atoms with van der Waals surface area (Å²) in [7, 11) is 0. The number of benzene rings is 2. The molecule has 0 atom stereocenters. The van der Waals surface area contributed by atoms with Crippen LogP contribution in [-0.2, 0) is 17.6 Å². The molecule has 1 aliphatic carbocycles. The van der Waals surface area contributed by atoms with Crippen molar-refractivity contribution >= 4 is 27.5 Å². The first-order chi connectivity index (χ1) is 17.9. The van der Waals surface area contributed by atoms with Gasteiger partial charge in [-0.2, -0.15) is 0 Å². The summed E-state index contributed by atoms with van der Waals surface area (Å²) in [6.07, 6.45) is 7.68. The number of halogens is 1. The van der Waals surface area contributed by atoms with E-state index in [2.05, 4.69) is 14.8 Å². The van der Waals surface area contributed by atoms with Crippen molar-refractivity contribution in [3.8, 4) is 5.75 Å². The van der Waals surface area contributed by atoms with Gasteiger partial charge in [-0.3, -0.25) is 14.5 Å². The van der Waals surface area contributed by atoms with E-state index in [1.807, 2.05) is 18.2 Å². The molecule has 0 saturated heterocycles. The molecule has 9 heteroatoms. The Morgan fingerprint density at radius 3 is 2.51 bits per heavy atom. The molecule has 0 bridgehead atoms. The van der Waals surface area contributed by atoms with Crippen molar-refractivity contribution in [3.63, 3.8) is 0 Å². The zero-order chi connectivity index (χ0) is 26.2. The molecule has 4 rings (SSSR count). The van der Waals surface area contributed by atoms with Crippen LogP contribution in [0.25, 0.3) is 10.2 Å². The minimum atomic E-state index is -0.332. The zero-order valence-electron chi connectivity index (χ0n) is 21.3. The van der Waals surface area contributed by atoms with Gasteiger partial charge in [0.25, 0.3) is 0 Å². The normalized spacial score (nSPS) is 14.7. The first-order valence-corrected chi connectivity index (χ1v) is 14.0. The molecule has 1 saturated carbocycles. The number of hydrogen-bond donors (Lipinski definition) is 3. The zero-order valence-corrected chi connectivity index (χ0v) is 22.1. The first-order valence-electron chi connectivity index (χ1n) is 13.2. The number of aromatic nitrogens is 1. The number of thiazole rings is 1. The molecular formula is C28H37FN4O3S. The number of rotatable bonds is 13. The van der Waals surface area contributed by atoms with Crippen molar-refractivity contribution in [2.75, 3.05) is 32.7 Å². The standard InChI is InChI=1S/C28H37FN4O3S/c29-23-9-5-4-6-20(23)12-15-32(16-14-25(30)35)18-19-33(22-7-2-1-3-8-22)17-13-21-10-11-24(34)26-27(21)37-28(36)31-26/h4-6,9-11,22,34H,1-3,7-8,12-19H2,(H2,30,35)(H,31,36). The van der Waals surface area contributed by atoms with Gasteiger partial charge in [0.05, 0.1) is 4.70 Å². The maximum absolute atomic E-state index is 14.2. The van der Waals surface area contributed by atoms with Crippen LogP contribution in [0.3, 0.4) is 0 Å². The highest BCUT2D eigenvalue weighted by atomic mass is 32.1. The maximum atomic E-state index is 14.2. The quantitative estimate of drug-likeness (QED) is 0.311. The molecule has 1 aliphatic rings. The Morgan fingerprint density at radius 1 is 1.00 bits per heavy atom. The van der Waals surface area contributed by atoms with E-state index in [0.717, 1.165) is 47.7 Å². The molecule has 2 aromatic carbocycles. The number of primary amides is 1. The molecule has 37 heavy (non-hydrogen) atoms. The van der Waals surface area contributed by atoms with Gasteiger partial charge in [-0.15, -0.1) is 0 Å². The van der Waals surface area contributed by atoms with Gasteiger partial charge in [0.1, 0.15) is 17.1 Å². The number of nitrogens with two attached hydrogens (primary N) is 1. The Morgan fingerprint density at radius 2 is 1.76 bits per heavy atom. The van der Waals surface area contributed by atoms with E-state index in [1.165, 1.54) is 38.2 Å². The molecule has 3 aromatic rings. The van der Waals surface area contributed by atoms with Crippen molar-refractivity contribution in [3.05, 3.63) is 63.0 Å². The van der Waals surface area contributed by atoms with Crippen LogP contribution < -0.4 is 10.6 Å². The molecule has 0 aliphatic heterocycles. The largest absolute Gasteiger partial charge is 0.506 e. The highest BCUT2D eigenvalue weighted by Crippen LogP contribution is 2.29. The van der Waals surface area contributed by atoms with Crippen LogP contribution in [0.5, 0.6) is 5.75 Å². The van der Waals surface area contributed by atoms with E-state index in [9.17, 15) is 19.1 Å². The lowest BCUT2D eigenvalue weighted by Gasteiger charge is -2.36. The van der Waals surface area contributed by atoms with Crippen LogP contribution in [0.2, 0.25) is 0 Å². The van der Waals surface area contributed by atoms with Crippen LogP contribution in [-0.4, -0.2) is 64.6 Å². The van der Waals surface area contributed by atoms with Crippen LogP contribution in [0, 0.1) is 5.82 Å². The molecular weight excluding hydrogens is 491 g/mol. The van der Waals surface area contributed by atoms with Crippen molar-refractivity contribution in [1.82, 2.24) is 14.8 Å². The van der Waals surface area contributed by atoms with Crippen molar-refractivity contribution in [1.29, 1.82) is 0 Å². The van der Waals surface area contributed by atoms with Gasteiger partial charge in [-0.25, -0.2) is 4.39 Å². The number of fused-ring (bicyclic) bond motifs is 1. The van der Waals surface area contributed by atoms with Crippen molar-refractivity contribution in [2.45, 2.75) is 57.4 Å². The second-order valence-electron chi connectivity index (χ2n) is 9.94. The molecule has 4 N–H and O–H groups in total. The minimum Gasteiger partial charge on any atom is -0.506 e. The average molecular weight is 529 g/mol. The van der Waals surface area contributed by atoms with Gasteiger partial charge in [0.15, 0.2) is 0 Å². The van der Waals surface area contributed by atoms with E-state index in [0.29, 0.717) is 36.6 Å². The molecule has 1 fully saturated rings. The topological polar surface area (TPSA) is 103 Å². The number of aromatic amines is 1. The lowest BCUT2D eigenvalue weighted by molar-refractivity contribution is -0.118. The summed E-state index contributed by atoms with van der Waals surface area (Å²) >= 11 is 1.14. The highest BCUT2D eigenvalue weighted by Gasteiger charge is 2.22. The number of phenolic OH excluding ortho intramolecular Hbond substituents is 1. The minimum absolute atomic E-state index is 0.0983. The summed E-state index contributed by atoms with van der Waals surface area (Å²) in [6, 6.07) is 10.9. The summed E-state index contributed by atoms with van der Waals surface area (Å²) in [5, 5.41) is 10.1. The van der Waals surface area contributed by atoms with Crippen molar-refractivity contribution in [2.24, 2.45) is 5.73 Å². The summed E-state index contributed by atoms with van der Waals surface area (Å²) in [6.45, 7) is 3.65. The number of hydrogen-bond acceptors (Lipinski definition) is 6. The summed E-state index contributed by atoms with van der Waals surface area (Å²) in [5.41, 5.74) is 7.69. The van der Waals surface area contributed by atoms with Crippen LogP contribution >= 0.6 is 11.3 Å². The summed E-state index contributed by atoms with van der Waals surface area (Å²) < 4.78 is 15.0. The Kier molecular flexibility index (Phi) is 9.71. The molecule has 1 amide bonds. The number of carbonyl (C=O) groups excluding carboxylic acids is 1. The average Bonchev–Trinajstić information content (AvgIpc) is 3.30. The Balaban J connectivity index is 1.44. The SMILES string of the molecule is NC(=O)CCN(CCc1ccccc1F)CCN(CCc1ccc(O)c2[nH]c(=O)sc12)C1CCCCC1. The lowest BCUT2D eigenvalue weighted by atomic mass is 9.93. The smallest absolute Gasteiger partial charge is 0.305 e. The number of carbonyl (C=O) groups is 1. The maximum Gasteiger partial charge on any atom is 0.305 e. The Hall–Kier alpha value is -2.75. The van der Waals surface area contributed by atoms with E-state index < -0.39 is 0 Å². The Bertz CT molecular complexity index is 1240. The van der Waals surface area contributed by atoms with Gasteiger partial charge < -0.3 is 20.7 Å². The fourth-order valence-corrected chi connectivity index (χ4v) is 6.21. The monoisotopic (exact) mass is 528 g/mol. The number of H-pyrrole nitrogens is 1. The summed E-state index contributed by atoms with van der Waals surface area (Å²) in [4.78, 5) is 30.7. The van der Waals surface area contributed by atoms with Crippen LogP contribution in [0.15, 0.2) is 41.2 Å². The first kappa shape index (κ1) is 27.3. The number of phenols is 1. The molecule has 7 nitrogen and oxygen atoms in total. The molecule has 1 heterocycles. The van der Waals surface area contributed by atoms with E-state index in [4.69, 9.17) is 5.73 Å². The molecule has 0 radical (unpaired) electrons. The van der Waals surface area contributed by atoms with Crippen LogP contribution in [0.4, 0.5) is 4.39 Å². The molecule has 0 unspecified atom stereocenters. The number of aromatic hydroxyl groups is 1.